The summed E-state index contributed by atoms with van der Waals surface area (Å²) in [7, 11) is 0. The maximum Gasteiger partial charge on any atom is 0.421 e. The Balaban J connectivity index is 2.29. The van der Waals surface area contributed by atoms with E-state index in [9.17, 15) is 23.1 Å². The topological polar surface area (TPSA) is 49.8 Å². The molecule has 0 radical (unpaired) electrons. The van der Waals surface area contributed by atoms with Gasteiger partial charge in [-0.25, -0.2) is 4.79 Å². The number of rotatable bonds is 4. The molecule has 1 aromatic rings. The predicted molar refractivity (Wildman–Crippen MR) is 77.6 cm³/mol. The minimum absolute atomic E-state index is 0.0539. The van der Waals surface area contributed by atoms with Crippen LogP contribution in [0.15, 0.2) is 42.1 Å². The van der Waals surface area contributed by atoms with Crippen molar-refractivity contribution < 1.29 is 27.8 Å². The molecule has 1 unspecified atom stereocenters. The Labute approximate surface area is 132 Å². The van der Waals surface area contributed by atoms with Crippen molar-refractivity contribution in [2.75, 3.05) is 13.2 Å². The number of carbonyl (C=O) groups is 1. The third-order valence-electron chi connectivity index (χ3n) is 3.74. The van der Waals surface area contributed by atoms with Crippen LogP contribution in [0, 0.1) is 0 Å². The number of benzene rings is 1. The Bertz CT molecular complexity index is 586. The van der Waals surface area contributed by atoms with Crippen LogP contribution in [-0.2, 0) is 11.2 Å². The highest BCUT2D eigenvalue weighted by Gasteiger charge is 2.56. The minimum atomic E-state index is -4.85. The molecule has 1 heterocycles. The molecule has 0 saturated heterocycles. The first-order chi connectivity index (χ1) is 10.8. The third kappa shape index (κ3) is 3.67. The van der Waals surface area contributed by atoms with Gasteiger partial charge in [0.15, 0.2) is 5.60 Å². The quantitative estimate of drug-likeness (QED) is 0.922. The molecule has 2 rings (SSSR count). The van der Waals surface area contributed by atoms with Crippen molar-refractivity contribution in [3.8, 4) is 0 Å². The Kier molecular flexibility index (Phi) is 4.99. The zero-order chi connectivity index (χ0) is 17.1. The van der Waals surface area contributed by atoms with Crippen LogP contribution in [0.25, 0.3) is 0 Å². The fourth-order valence-corrected chi connectivity index (χ4v) is 2.51. The average molecular weight is 329 g/mol. The van der Waals surface area contributed by atoms with Gasteiger partial charge in [-0.3, -0.25) is 4.90 Å². The highest BCUT2D eigenvalue weighted by Crippen LogP contribution is 2.42. The van der Waals surface area contributed by atoms with Crippen molar-refractivity contribution in [1.82, 2.24) is 4.90 Å². The molecule has 0 aliphatic carbocycles. The second-order valence-corrected chi connectivity index (χ2v) is 5.32. The van der Waals surface area contributed by atoms with Gasteiger partial charge in [-0.1, -0.05) is 30.3 Å². The first-order valence-corrected chi connectivity index (χ1v) is 7.25. The number of aliphatic hydroxyl groups is 1. The van der Waals surface area contributed by atoms with E-state index in [2.05, 4.69) is 0 Å². The van der Waals surface area contributed by atoms with Crippen molar-refractivity contribution in [1.29, 1.82) is 0 Å². The summed E-state index contributed by atoms with van der Waals surface area (Å²) in [6, 6.07) is 7.96. The molecule has 0 aromatic heterocycles. The number of carbonyl (C=O) groups excluding carboxylic acids is 1. The van der Waals surface area contributed by atoms with Gasteiger partial charge in [0.1, 0.15) is 0 Å². The van der Waals surface area contributed by atoms with Crippen LogP contribution in [-0.4, -0.2) is 41.0 Å². The molecule has 126 valence electrons. The molecule has 1 aliphatic rings. The summed E-state index contributed by atoms with van der Waals surface area (Å²) in [6.07, 6.45) is -5.17. The second-order valence-electron chi connectivity index (χ2n) is 5.32. The average Bonchev–Trinajstić information content (AvgIpc) is 2.97. The van der Waals surface area contributed by atoms with E-state index >= 15 is 0 Å². The van der Waals surface area contributed by atoms with Crippen molar-refractivity contribution >= 4 is 6.09 Å². The van der Waals surface area contributed by atoms with Gasteiger partial charge in [0.05, 0.1) is 6.61 Å². The number of hydrogen-bond acceptors (Lipinski definition) is 3. The van der Waals surface area contributed by atoms with E-state index in [0.717, 1.165) is 11.1 Å². The lowest BCUT2D eigenvalue weighted by Crippen LogP contribution is -2.48. The van der Waals surface area contributed by atoms with E-state index in [4.69, 9.17) is 4.74 Å². The molecule has 0 saturated carbocycles. The zero-order valence-corrected chi connectivity index (χ0v) is 12.6. The van der Waals surface area contributed by atoms with E-state index < -0.39 is 24.3 Å². The molecule has 1 N–H and O–H groups in total. The zero-order valence-electron chi connectivity index (χ0n) is 12.6. The largest absolute Gasteiger partial charge is 0.449 e. The molecule has 1 atom stereocenters. The molecule has 23 heavy (non-hydrogen) atoms. The summed E-state index contributed by atoms with van der Waals surface area (Å²) in [5, 5.41) is 10.4. The van der Waals surface area contributed by atoms with Gasteiger partial charge in [-0.15, -0.1) is 0 Å². The van der Waals surface area contributed by atoms with Gasteiger partial charge in [0.2, 0.25) is 0 Å². The number of halogens is 3. The van der Waals surface area contributed by atoms with Crippen LogP contribution in [0.3, 0.4) is 0 Å². The van der Waals surface area contributed by atoms with E-state index in [0.29, 0.717) is 5.56 Å². The van der Waals surface area contributed by atoms with Crippen LogP contribution in [0.5, 0.6) is 0 Å². The van der Waals surface area contributed by atoms with Crippen LogP contribution in [0.1, 0.15) is 18.9 Å². The fourth-order valence-electron chi connectivity index (χ4n) is 2.51. The lowest BCUT2D eigenvalue weighted by Gasteiger charge is -2.31. The summed E-state index contributed by atoms with van der Waals surface area (Å²) in [4.78, 5) is 12.7. The van der Waals surface area contributed by atoms with Gasteiger partial charge in [-0.2, -0.15) is 13.2 Å². The molecule has 0 bridgehead atoms. The molecular weight excluding hydrogens is 311 g/mol. The maximum absolute atomic E-state index is 13.5. The number of hydrogen-bond donors (Lipinski definition) is 1. The first-order valence-electron chi connectivity index (χ1n) is 7.25. The van der Waals surface area contributed by atoms with Gasteiger partial charge >= 0.3 is 12.3 Å². The summed E-state index contributed by atoms with van der Waals surface area (Å²) >= 11 is 0. The monoisotopic (exact) mass is 329 g/mol. The van der Waals surface area contributed by atoms with Crippen molar-refractivity contribution in [2.24, 2.45) is 0 Å². The molecule has 1 aliphatic heterocycles. The van der Waals surface area contributed by atoms with Gasteiger partial charge < -0.3 is 9.84 Å². The third-order valence-corrected chi connectivity index (χ3v) is 3.74. The van der Waals surface area contributed by atoms with Crippen LogP contribution < -0.4 is 0 Å². The molecule has 4 nitrogen and oxygen atoms in total. The van der Waals surface area contributed by atoms with Crippen molar-refractivity contribution in [2.45, 2.75) is 31.5 Å². The highest BCUT2D eigenvalue weighted by molar-refractivity contribution is 5.69. The van der Waals surface area contributed by atoms with Crippen LogP contribution in [0.2, 0.25) is 0 Å². The number of ether oxygens (including phenoxy) is 1. The highest BCUT2D eigenvalue weighted by atomic mass is 19.4. The van der Waals surface area contributed by atoms with Crippen molar-refractivity contribution in [3.63, 3.8) is 0 Å². The Morgan fingerprint density at radius 3 is 2.52 bits per heavy atom. The summed E-state index contributed by atoms with van der Waals surface area (Å²) in [6.45, 7) is 1.80. The van der Waals surface area contributed by atoms with E-state index in [-0.39, 0.29) is 25.1 Å². The summed E-state index contributed by atoms with van der Waals surface area (Å²) in [5.41, 5.74) is -2.88. The predicted octanol–water partition coefficient (Wildman–Crippen LogP) is 3.27. The van der Waals surface area contributed by atoms with Crippen molar-refractivity contribution in [3.05, 3.63) is 47.7 Å². The van der Waals surface area contributed by atoms with E-state index in [1.807, 2.05) is 0 Å². The number of alkyl halides is 3. The molecule has 1 aromatic carbocycles. The lowest BCUT2D eigenvalue weighted by molar-refractivity contribution is -0.244. The van der Waals surface area contributed by atoms with Crippen LogP contribution >= 0.6 is 0 Å². The molecule has 1 amide bonds. The molecular formula is C16H18F3NO3. The normalized spacial score (nSPS) is 17.6. The smallest absolute Gasteiger partial charge is 0.421 e. The molecule has 0 spiro atoms. The first kappa shape index (κ1) is 17.3. The van der Waals surface area contributed by atoms with E-state index in [1.54, 1.807) is 25.1 Å². The summed E-state index contributed by atoms with van der Waals surface area (Å²) in [5.74, 6) is 0. The molecule has 0 fully saturated rings. The number of nitrogens with zero attached hydrogens (tertiary/aromatic N) is 1. The van der Waals surface area contributed by atoms with E-state index in [1.165, 1.54) is 12.1 Å². The summed E-state index contributed by atoms with van der Waals surface area (Å²) < 4.78 is 45.2. The standard InChI is InChI=1S/C16H18F3NO3/c1-2-23-14(21)20-9-8-13(11-20)15(22,16(17,18)19)10-12-6-4-3-5-7-12/h3-7,11,22H,2,8-10H2,1H3. The Hall–Kier alpha value is -2.02. The fraction of sp³-hybridized carbons (Fsp3) is 0.438. The number of amides is 1. The van der Waals surface area contributed by atoms with Gasteiger partial charge in [0.25, 0.3) is 0 Å². The molecule has 7 heteroatoms. The SMILES string of the molecule is CCOC(=O)N1C=C(C(O)(Cc2ccccc2)C(F)(F)F)CC1. The second kappa shape index (κ2) is 6.62. The van der Waals surface area contributed by atoms with Gasteiger partial charge in [0, 0.05) is 19.2 Å². The maximum atomic E-state index is 13.5. The Morgan fingerprint density at radius 2 is 1.96 bits per heavy atom. The lowest BCUT2D eigenvalue weighted by atomic mass is 9.86. The Morgan fingerprint density at radius 1 is 1.30 bits per heavy atom. The van der Waals surface area contributed by atoms with Gasteiger partial charge in [-0.05, 0) is 24.5 Å². The van der Waals surface area contributed by atoms with Crippen LogP contribution in [0.4, 0.5) is 18.0 Å². The minimum Gasteiger partial charge on any atom is -0.449 e.